The molecule has 7 rings (SSSR count). The number of allylic oxidation sites excluding steroid dienone is 4. The molecule has 0 unspecified atom stereocenters. The first-order valence-corrected chi connectivity index (χ1v) is 11.5. The number of rotatable bonds is 2. The second-order valence-corrected chi connectivity index (χ2v) is 8.93. The summed E-state index contributed by atoms with van der Waals surface area (Å²) in [5.41, 5.74) is 12.1. The van der Waals surface area contributed by atoms with E-state index in [1.54, 1.807) is 0 Å². The summed E-state index contributed by atoms with van der Waals surface area (Å²) in [7, 11) is 2.21. The molecule has 0 spiro atoms. The van der Waals surface area contributed by atoms with Crippen LogP contribution in [0.25, 0.3) is 44.2 Å². The van der Waals surface area contributed by atoms with Crippen LogP contribution in [0.1, 0.15) is 29.8 Å². The van der Waals surface area contributed by atoms with Crippen LogP contribution < -0.4 is 0 Å². The van der Waals surface area contributed by atoms with Gasteiger partial charge in [0.25, 0.3) is 0 Å². The van der Waals surface area contributed by atoms with Crippen molar-refractivity contribution in [2.45, 2.75) is 19.3 Å². The number of hydrogen-bond donors (Lipinski definition) is 0. The second-order valence-electron chi connectivity index (χ2n) is 8.93. The summed E-state index contributed by atoms with van der Waals surface area (Å²) in [5.74, 6) is 0. The first-order valence-electron chi connectivity index (χ1n) is 11.5. The van der Waals surface area contributed by atoms with Crippen molar-refractivity contribution in [1.82, 2.24) is 9.13 Å². The van der Waals surface area contributed by atoms with Crippen molar-refractivity contribution in [2.75, 3.05) is 0 Å². The Kier molecular flexibility index (Phi) is 3.69. The minimum atomic E-state index is 0.959. The van der Waals surface area contributed by atoms with Crippen molar-refractivity contribution in [3.8, 4) is 16.8 Å². The van der Waals surface area contributed by atoms with Crippen LogP contribution >= 0.6 is 0 Å². The fourth-order valence-corrected chi connectivity index (χ4v) is 5.76. The Hall–Kier alpha value is -3.78. The Labute approximate surface area is 187 Å². The predicted molar refractivity (Wildman–Crippen MR) is 134 cm³/mol. The molecule has 2 aromatic heterocycles. The first kappa shape index (κ1) is 17.9. The molecule has 2 nitrogen and oxygen atoms in total. The minimum absolute atomic E-state index is 0.959. The topological polar surface area (TPSA) is 9.86 Å². The first-order chi connectivity index (χ1) is 15.8. The molecular weight excluding hydrogens is 388 g/mol. The van der Waals surface area contributed by atoms with Gasteiger partial charge >= 0.3 is 0 Å². The quantitative estimate of drug-likeness (QED) is 0.280. The lowest BCUT2D eigenvalue weighted by Crippen LogP contribution is -2.02. The maximum atomic E-state index is 2.48. The minimum Gasteiger partial charge on any atom is -0.347 e. The molecular formula is C30H24N2. The molecule has 0 radical (unpaired) electrons. The van der Waals surface area contributed by atoms with Crippen LogP contribution in [0.5, 0.6) is 0 Å². The average Bonchev–Trinajstić information content (AvgIpc) is 3.47. The molecule has 2 heteroatoms. The van der Waals surface area contributed by atoms with Crippen LogP contribution in [0.2, 0.25) is 0 Å². The van der Waals surface area contributed by atoms with E-state index in [-0.39, 0.29) is 0 Å². The van der Waals surface area contributed by atoms with Gasteiger partial charge in [-0.05, 0) is 48.2 Å². The highest BCUT2D eigenvalue weighted by atomic mass is 15.0. The Morgan fingerprint density at radius 2 is 1.38 bits per heavy atom. The number of para-hydroxylation sites is 2. The number of aromatic nitrogens is 2. The molecule has 154 valence electrons. The molecule has 0 saturated carbocycles. The fraction of sp³-hybridized carbons (Fsp3) is 0.133. The van der Waals surface area contributed by atoms with Crippen molar-refractivity contribution in [1.29, 1.82) is 0 Å². The van der Waals surface area contributed by atoms with Gasteiger partial charge in [0.15, 0.2) is 0 Å². The van der Waals surface area contributed by atoms with Gasteiger partial charge < -0.3 is 9.13 Å². The van der Waals surface area contributed by atoms with Gasteiger partial charge in [0, 0.05) is 58.0 Å². The van der Waals surface area contributed by atoms with E-state index in [1.165, 1.54) is 61.1 Å². The third kappa shape index (κ3) is 2.35. The number of hydrogen-bond acceptors (Lipinski definition) is 0. The van der Waals surface area contributed by atoms with Crippen LogP contribution in [0.4, 0.5) is 0 Å². The molecule has 2 aliphatic rings. The van der Waals surface area contributed by atoms with Crippen LogP contribution in [0.3, 0.4) is 0 Å². The summed E-state index contributed by atoms with van der Waals surface area (Å²) in [6.07, 6.45) is 10.1. The summed E-state index contributed by atoms with van der Waals surface area (Å²) in [6, 6.07) is 26.8. The molecule has 2 aliphatic carbocycles. The normalized spacial score (nSPS) is 14.7. The van der Waals surface area contributed by atoms with E-state index in [1.807, 2.05) is 0 Å². The Morgan fingerprint density at radius 3 is 2.12 bits per heavy atom. The average molecular weight is 413 g/mol. The molecule has 32 heavy (non-hydrogen) atoms. The Balaban J connectivity index is 1.46. The predicted octanol–water partition coefficient (Wildman–Crippen LogP) is 7.43. The zero-order valence-corrected chi connectivity index (χ0v) is 18.2. The van der Waals surface area contributed by atoms with Crippen LogP contribution in [0.15, 0.2) is 91.0 Å². The van der Waals surface area contributed by atoms with Gasteiger partial charge in [-0.2, -0.15) is 0 Å². The second kappa shape index (κ2) is 6.61. The molecule has 0 atom stereocenters. The van der Waals surface area contributed by atoms with E-state index in [2.05, 4.69) is 107 Å². The Morgan fingerprint density at radius 1 is 0.688 bits per heavy atom. The highest BCUT2D eigenvalue weighted by Gasteiger charge is 2.31. The zero-order chi connectivity index (χ0) is 21.2. The summed E-state index contributed by atoms with van der Waals surface area (Å²) < 4.78 is 4.86. The summed E-state index contributed by atoms with van der Waals surface area (Å²) in [4.78, 5) is 0. The summed E-state index contributed by atoms with van der Waals surface area (Å²) in [6.45, 7) is 0. The highest BCUT2D eigenvalue weighted by Crippen LogP contribution is 2.48. The molecule has 0 amide bonds. The van der Waals surface area contributed by atoms with E-state index >= 15 is 0 Å². The summed E-state index contributed by atoms with van der Waals surface area (Å²) >= 11 is 0. The molecule has 2 heterocycles. The largest absolute Gasteiger partial charge is 0.347 e. The van der Waals surface area contributed by atoms with E-state index in [0.29, 0.717) is 0 Å². The van der Waals surface area contributed by atoms with Crippen molar-refractivity contribution < 1.29 is 0 Å². The lowest BCUT2D eigenvalue weighted by molar-refractivity contribution is 0.872. The molecule has 0 bridgehead atoms. The lowest BCUT2D eigenvalue weighted by Gasteiger charge is -2.13. The van der Waals surface area contributed by atoms with Gasteiger partial charge in [-0.25, -0.2) is 0 Å². The van der Waals surface area contributed by atoms with Crippen LogP contribution in [-0.4, -0.2) is 9.13 Å². The van der Waals surface area contributed by atoms with Crippen LogP contribution in [0, 0.1) is 0 Å². The van der Waals surface area contributed by atoms with E-state index in [0.717, 1.165) is 19.3 Å². The standard InChI is InChI=1S/C30H24N2/c1-31-25-13-7-5-11-23(25)29-27(31)19-28-30(29)24-12-6-8-14-26(24)32(28)22-17-15-21(16-18-22)20-9-3-2-4-10-20/h3,5-18H,2,4,19H2,1H3. The smallest absolute Gasteiger partial charge is 0.0538 e. The number of aryl methyl sites for hydroxylation is 1. The van der Waals surface area contributed by atoms with Crippen molar-refractivity contribution >= 4 is 27.4 Å². The van der Waals surface area contributed by atoms with Gasteiger partial charge in [0.05, 0.1) is 5.52 Å². The molecule has 3 aromatic carbocycles. The number of fused-ring (bicyclic) bond motifs is 7. The van der Waals surface area contributed by atoms with Gasteiger partial charge in [-0.15, -0.1) is 0 Å². The van der Waals surface area contributed by atoms with Gasteiger partial charge in [0.2, 0.25) is 0 Å². The zero-order valence-electron chi connectivity index (χ0n) is 18.2. The van der Waals surface area contributed by atoms with Crippen molar-refractivity contribution in [3.63, 3.8) is 0 Å². The molecule has 5 aromatic rings. The lowest BCUT2D eigenvalue weighted by atomic mass is 9.99. The Bertz CT molecular complexity index is 1590. The monoisotopic (exact) mass is 412 g/mol. The van der Waals surface area contributed by atoms with Gasteiger partial charge in [-0.3, -0.25) is 0 Å². The van der Waals surface area contributed by atoms with Crippen molar-refractivity contribution in [3.05, 3.63) is 108 Å². The maximum Gasteiger partial charge on any atom is 0.0538 e. The summed E-state index contributed by atoms with van der Waals surface area (Å²) in [5, 5.41) is 2.71. The SMILES string of the molecule is Cn1c2c(c3ccccc31)-c1c(n(-c3ccc(C4=CCCC=C4)cc3)c3ccccc13)C2. The maximum absolute atomic E-state index is 2.48. The highest BCUT2D eigenvalue weighted by molar-refractivity contribution is 6.10. The van der Waals surface area contributed by atoms with Gasteiger partial charge in [-0.1, -0.05) is 66.8 Å². The molecule has 0 fully saturated rings. The van der Waals surface area contributed by atoms with Gasteiger partial charge in [0.1, 0.15) is 0 Å². The van der Waals surface area contributed by atoms with E-state index in [9.17, 15) is 0 Å². The number of benzene rings is 3. The molecule has 0 aliphatic heterocycles. The van der Waals surface area contributed by atoms with Crippen molar-refractivity contribution in [2.24, 2.45) is 7.05 Å². The molecule has 0 N–H and O–H groups in total. The third-order valence-corrected chi connectivity index (χ3v) is 7.24. The third-order valence-electron chi connectivity index (χ3n) is 7.24. The van der Waals surface area contributed by atoms with E-state index in [4.69, 9.17) is 0 Å². The van der Waals surface area contributed by atoms with Crippen LogP contribution in [-0.2, 0) is 13.5 Å². The number of nitrogens with zero attached hydrogens (tertiary/aromatic N) is 2. The molecule has 0 saturated heterocycles. The van der Waals surface area contributed by atoms with E-state index < -0.39 is 0 Å². The fourth-order valence-electron chi connectivity index (χ4n) is 5.76.